The van der Waals surface area contributed by atoms with Gasteiger partial charge in [-0.05, 0) is 37.5 Å². The molecule has 2 unspecified atom stereocenters. The Kier molecular flexibility index (Phi) is 9.06. The number of nitro groups is 1. The Morgan fingerprint density at radius 2 is 1.66 bits per heavy atom. The van der Waals surface area contributed by atoms with E-state index in [1.165, 1.54) is 30.4 Å². The van der Waals surface area contributed by atoms with E-state index in [-0.39, 0.29) is 17.2 Å². The summed E-state index contributed by atoms with van der Waals surface area (Å²) in [6.07, 6.45) is 0.631. The molecule has 3 atom stereocenters. The molecule has 9 heteroatoms. The number of ether oxygens (including phenoxy) is 2. The number of methoxy groups -OCH3 is 1. The summed E-state index contributed by atoms with van der Waals surface area (Å²) in [5, 5.41) is 11.6. The van der Waals surface area contributed by atoms with Crippen molar-refractivity contribution in [2.75, 3.05) is 26.7 Å². The van der Waals surface area contributed by atoms with Crippen molar-refractivity contribution in [3.63, 3.8) is 0 Å². The van der Waals surface area contributed by atoms with Crippen molar-refractivity contribution in [1.29, 1.82) is 0 Å². The molecule has 3 aromatic carbocycles. The van der Waals surface area contributed by atoms with Crippen LogP contribution in [0.3, 0.4) is 0 Å². The number of hydrogen-bond donors (Lipinski definition) is 0. The summed E-state index contributed by atoms with van der Waals surface area (Å²) in [4.78, 5) is 45.0. The van der Waals surface area contributed by atoms with Crippen LogP contribution in [0.2, 0.25) is 0 Å². The topological polar surface area (TPSA) is 111 Å². The number of non-ortho nitro benzene ring substituents is 1. The van der Waals surface area contributed by atoms with Crippen molar-refractivity contribution in [3.05, 3.63) is 123 Å². The Bertz CT molecular complexity index is 1560. The molecule has 0 aromatic heterocycles. The van der Waals surface area contributed by atoms with Crippen LogP contribution in [0.15, 0.2) is 101 Å². The van der Waals surface area contributed by atoms with E-state index in [1.807, 2.05) is 43.3 Å². The largest absolute Gasteiger partial charge is 0.468 e. The van der Waals surface area contributed by atoms with Crippen LogP contribution in [0.4, 0.5) is 5.69 Å². The highest BCUT2D eigenvalue weighted by Crippen LogP contribution is 2.42. The number of nitro benzene ring substituents is 1. The first-order valence-corrected chi connectivity index (χ1v) is 14.7. The third kappa shape index (κ3) is 6.48. The Hall–Kier alpha value is -4.63. The zero-order valence-electron chi connectivity index (χ0n) is 25.4. The van der Waals surface area contributed by atoms with Crippen LogP contribution in [0.25, 0.3) is 0 Å². The monoisotopic (exact) mass is 595 g/mol. The highest BCUT2D eigenvalue weighted by molar-refractivity contribution is 6.07. The first-order chi connectivity index (χ1) is 21.1. The van der Waals surface area contributed by atoms with E-state index in [0.717, 1.165) is 13.1 Å². The molecule has 0 aliphatic carbocycles. The molecule has 9 nitrogen and oxygen atoms in total. The average Bonchev–Trinajstić information content (AvgIpc) is 3.39. The molecule has 228 valence electrons. The summed E-state index contributed by atoms with van der Waals surface area (Å²) in [5.41, 5.74) is 3.04. The third-order valence-corrected chi connectivity index (χ3v) is 8.64. The maximum atomic E-state index is 14.1. The van der Waals surface area contributed by atoms with Crippen LogP contribution in [0.5, 0.6) is 0 Å². The number of esters is 2. The van der Waals surface area contributed by atoms with Gasteiger partial charge < -0.3 is 9.47 Å². The summed E-state index contributed by atoms with van der Waals surface area (Å²) in [6.45, 7) is 7.36. The number of rotatable bonds is 9. The predicted octanol–water partition coefficient (Wildman–Crippen LogP) is 6.06. The molecule has 5 rings (SSSR count). The lowest BCUT2D eigenvalue weighted by Gasteiger charge is -2.33. The van der Waals surface area contributed by atoms with E-state index in [2.05, 4.69) is 34.2 Å². The minimum atomic E-state index is -0.932. The zero-order chi connectivity index (χ0) is 31.4. The smallest absolute Gasteiger partial charge is 0.337 e. The minimum Gasteiger partial charge on any atom is -0.468 e. The van der Waals surface area contributed by atoms with Gasteiger partial charge >= 0.3 is 11.9 Å². The van der Waals surface area contributed by atoms with Gasteiger partial charge in [0.25, 0.3) is 5.69 Å². The summed E-state index contributed by atoms with van der Waals surface area (Å²) in [5.74, 6) is -2.80. The lowest BCUT2D eigenvalue weighted by molar-refractivity contribution is -0.384. The molecule has 0 bridgehead atoms. The van der Waals surface area contributed by atoms with Gasteiger partial charge in [-0.2, -0.15) is 0 Å². The molecule has 1 saturated heterocycles. The third-order valence-electron chi connectivity index (χ3n) is 8.64. The van der Waals surface area contributed by atoms with Crippen molar-refractivity contribution in [2.45, 2.75) is 44.6 Å². The van der Waals surface area contributed by atoms with Crippen molar-refractivity contribution < 1.29 is 24.0 Å². The number of carbonyl (C=O) groups excluding carboxylic acids is 2. The van der Waals surface area contributed by atoms with Crippen molar-refractivity contribution >= 4 is 23.3 Å². The van der Waals surface area contributed by atoms with Crippen LogP contribution in [-0.4, -0.2) is 59.8 Å². The molecule has 2 aliphatic heterocycles. The number of nitrogens with zero attached hydrogens (tertiary/aromatic N) is 3. The fourth-order valence-electron chi connectivity index (χ4n) is 6.50. The standard InChI is InChI=1S/C35H37N3O6/c1-23-30(33(39)43-4)32(27-16-11-17-28(20-27)38(41)42)31(24(2)36-23)34(40)44-35(3)18-19-37(22-35)21-29(25-12-7-5-8-13-25)26-14-9-6-10-15-26/h5-17,20,29-30,32H,18-19,21-22H2,1-4H3/t30?,32-,35?/m0/s1. The molecule has 0 saturated carbocycles. The number of aliphatic imine (C=N–C) groups is 1. The van der Waals surface area contributed by atoms with Gasteiger partial charge in [0.05, 0.1) is 17.6 Å². The Morgan fingerprint density at radius 1 is 1.02 bits per heavy atom. The molecule has 0 N–H and O–H groups in total. The molecule has 1 fully saturated rings. The molecule has 3 aromatic rings. The zero-order valence-corrected chi connectivity index (χ0v) is 25.4. The maximum Gasteiger partial charge on any atom is 0.337 e. The molecule has 0 radical (unpaired) electrons. The maximum absolute atomic E-state index is 14.1. The number of hydrogen-bond acceptors (Lipinski definition) is 8. The molecule has 2 aliphatic rings. The quantitative estimate of drug-likeness (QED) is 0.168. The van der Waals surface area contributed by atoms with Gasteiger partial charge in [-0.25, -0.2) is 4.79 Å². The lowest BCUT2D eigenvalue weighted by atomic mass is 9.75. The van der Waals surface area contributed by atoms with Crippen molar-refractivity contribution in [2.24, 2.45) is 10.9 Å². The van der Waals surface area contributed by atoms with Crippen LogP contribution in [-0.2, 0) is 19.1 Å². The van der Waals surface area contributed by atoms with E-state index in [9.17, 15) is 19.7 Å². The van der Waals surface area contributed by atoms with Crippen LogP contribution < -0.4 is 0 Å². The SMILES string of the molecule is COC(=O)C1C(C)=NC(C)=C(C(=O)OC2(C)CCN(CC(c3ccccc3)c3ccccc3)C2)[C@H]1c1cccc([N+](=O)[O-])c1. The summed E-state index contributed by atoms with van der Waals surface area (Å²) < 4.78 is 11.4. The summed E-state index contributed by atoms with van der Waals surface area (Å²) in [7, 11) is 1.27. The number of likely N-dealkylation sites (tertiary alicyclic amines) is 1. The molecule has 0 amide bonds. The van der Waals surface area contributed by atoms with E-state index in [4.69, 9.17) is 9.47 Å². The van der Waals surface area contributed by atoms with Gasteiger partial charge in [0.15, 0.2) is 0 Å². The van der Waals surface area contributed by atoms with Gasteiger partial charge in [0, 0.05) is 61.4 Å². The fourth-order valence-corrected chi connectivity index (χ4v) is 6.50. The van der Waals surface area contributed by atoms with Gasteiger partial charge in [0.1, 0.15) is 11.5 Å². The fraction of sp³-hybridized carbons (Fsp3) is 0.343. The second-order valence-electron chi connectivity index (χ2n) is 11.8. The Labute approximate surface area is 257 Å². The van der Waals surface area contributed by atoms with Gasteiger partial charge in [-0.1, -0.05) is 72.8 Å². The molecule has 2 heterocycles. The van der Waals surface area contributed by atoms with E-state index in [1.54, 1.807) is 26.0 Å². The van der Waals surface area contributed by atoms with E-state index >= 15 is 0 Å². The number of benzene rings is 3. The van der Waals surface area contributed by atoms with E-state index < -0.39 is 34.3 Å². The first kappa shape index (κ1) is 30.8. The van der Waals surface area contributed by atoms with Crippen LogP contribution >= 0.6 is 0 Å². The number of carbonyl (C=O) groups is 2. The normalized spacial score (nSPS) is 22.1. The summed E-state index contributed by atoms with van der Waals surface area (Å²) in [6, 6.07) is 26.8. The van der Waals surface area contributed by atoms with Crippen molar-refractivity contribution in [3.8, 4) is 0 Å². The first-order valence-electron chi connectivity index (χ1n) is 14.7. The van der Waals surface area contributed by atoms with Gasteiger partial charge in [-0.3, -0.25) is 24.8 Å². The van der Waals surface area contributed by atoms with Crippen molar-refractivity contribution in [1.82, 2.24) is 4.90 Å². The van der Waals surface area contributed by atoms with Gasteiger partial charge in [0.2, 0.25) is 0 Å². The lowest BCUT2D eigenvalue weighted by Crippen LogP contribution is -2.40. The second kappa shape index (κ2) is 12.9. The predicted molar refractivity (Wildman–Crippen MR) is 167 cm³/mol. The van der Waals surface area contributed by atoms with Gasteiger partial charge in [-0.15, -0.1) is 0 Å². The van der Waals surface area contributed by atoms with Crippen LogP contribution in [0, 0.1) is 16.0 Å². The summed E-state index contributed by atoms with van der Waals surface area (Å²) >= 11 is 0. The average molecular weight is 596 g/mol. The highest BCUT2D eigenvalue weighted by Gasteiger charge is 2.45. The minimum absolute atomic E-state index is 0.138. The Morgan fingerprint density at radius 3 is 2.25 bits per heavy atom. The molecular weight excluding hydrogens is 558 g/mol. The molecule has 0 spiro atoms. The van der Waals surface area contributed by atoms with Crippen LogP contribution in [0.1, 0.15) is 55.7 Å². The second-order valence-corrected chi connectivity index (χ2v) is 11.8. The molecule has 44 heavy (non-hydrogen) atoms. The van der Waals surface area contributed by atoms with E-state index in [0.29, 0.717) is 29.9 Å². The number of allylic oxidation sites excluding steroid dienone is 1. The highest BCUT2D eigenvalue weighted by atomic mass is 16.6. The molecular formula is C35H37N3O6. The Balaban J connectivity index is 1.41.